The second kappa shape index (κ2) is 7.13. The van der Waals surface area contributed by atoms with Crippen molar-refractivity contribution in [1.29, 1.82) is 0 Å². The maximum absolute atomic E-state index is 9.94. The molecule has 0 saturated carbocycles. The molecule has 0 aliphatic rings. The lowest BCUT2D eigenvalue weighted by Crippen LogP contribution is -2.37. The molecule has 19 heavy (non-hydrogen) atoms. The molecule has 0 heterocycles. The van der Waals surface area contributed by atoms with Gasteiger partial charge < -0.3 is 15.3 Å². The van der Waals surface area contributed by atoms with Crippen LogP contribution in [-0.2, 0) is 6.54 Å². The smallest absolute Gasteiger partial charge is 0.0765 e. The van der Waals surface area contributed by atoms with Gasteiger partial charge in [-0.1, -0.05) is 30.7 Å². The van der Waals surface area contributed by atoms with Crippen molar-refractivity contribution in [2.24, 2.45) is 0 Å². The molecule has 0 aromatic heterocycles. The van der Waals surface area contributed by atoms with Gasteiger partial charge in [0, 0.05) is 20.1 Å². The molecule has 0 fully saturated rings. The summed E-state index contributed by atoms with van der Waals surface area (Å²) < 4.78 is 0. The molecular formula is C15H25ClN2O. The molecular weight excluding hydrogens is 260 g/mol. The van der Waals surface area contributed by atoms with E-state index < -0.39 is 5.60 Å². The van der Waals surface area contributed by atoms with E-state index in [0.29, 0.717) is 6.54 Å². The largest absolute Gasteiger partial charge is 0.389 e. The first-order valence-electron chi connectivity index (χ1n) is 6.76. The average Bonchev–Trinajstić information content (AvgIpc) is 2.26. The molecule has 0 bridgehead atoms. The van der Waals surface area contributed by atoms with Crippen LogP contribution in [0, 0.1) is 0 Å². The van der Waals surface area contributed by atoms with E-state index in [2.05, 4.69) is 18.3 Å². The predicted octanol–water partition coefficient (Wildman–Crippen LogP) is 3.05. The van der Waals surface area contributed by atoms with Crippen molar-refractivity contribution in [2.45, 2.75) is 39.3 Å². The first-order chi connectivity index (χ1) is 8.85. The van der Waals surface area contributed by atoms with Gasteiger partial charge in [0.25, 0.3) is 0 Å². The number of benzene rings is 1. The van der Waals surface area contributed by atoms with Crippen molar-refractivity contribution >= 4 is 17.3 Å². The van der Waals surface area contributed by atoms with Gasteiger partial charge in [-0.25, -0.2) is 0 Å². The summed E-state index contributed by atoms with van der Waals surface area (Å²) in [4.78, 5) is 2.02. The Morgan fingerprint density at radius 3 is 2.63 bits per heavy atom. The molecule has 2 N–H and O–H groups in total. The molecule has 1 aromatic rings. The molecule has 0 amide bonds. The van der Waals surface area contributed by atoms with E-state index in [4.69, 9.17) is 11.6 Å². The number of halogens is 1. The van der Waals surface area contributed by atoms with Crippen LogP contribution in [-0.4, -0.2) is 30.8 Å². The molecule has 0 saturated heterocycles. The van der Waals surface area contributed by atoms with Crippen molar-refractivity contribution < 1.29 is 5.11 Å². The van der Waals surface area contributed by atoms with Gasteiger partial charge >= 0.3 is 0 Å². The molecule has 4 heteroatoms. The highest BCUT2D eigenvalue weighted by molar-refractivity contribution is 6.33. The minimum absolute atomic E-state index is 0.539. The zero-order valence-corrected chi connectivity index (χ0v) is 13.1. The Morgan fingerprint density at radius 1 is 1.37 bits per heavy atom. The van der Waals surface area contributed by atoms with E-state index in [0.717, 1.165) is 35.8 Å². The van der Waals surface area contributed by atoms with Crippen LogP contribution in [0.5, 0.6) is 0 Å². The Labute approximate surface area is 121 Å². The third-order valence-corrected chi connectivity index (χ3v) is 3.12. The highest BCUT2D eigenvalue weighted by atomic mass is 35.5. The van der Waals surface area contributed by atoms with Crippen LogP contribution in [0.3, 0.4) is 0 Å². The lowest BCUT2D eigenvalue weighted by Gasteiger charge is -2.29. The fraction of sp³-hybridized carbons (Fsp3) is 0.600. The SMILES string of the molecule is CCCNCc1cccc(Cl)c1N(C)CC(C)(C)O. The van der Waals surface area contributed by atoms with Gasteiger partial charge in [-0.2, -0.15) is 0 Å². The second-order valence-electron chi connectivity index (χ2n) is 5.59. The van der Waals surface area contributed by atoms with Gasteiger partial charge in [0.05, 0.1) is 16.3 Å². The number of nitrogens with zero attached hydrogens (tertiary/aromatic N) is 1. The van der Waals surface area contributed by atoms with Crippen LogP contribution in [0.15, 0.2) is 18.2 Å². The van der Waals surface area contributed by atoms with Crippen LogP contribution >= 0.6 is 11.6 Å². The summed E-state index contributed by atoms with van der Waals surface area (Å²) >= 11 is 6.31. The average molecular weight is 285 g/mol. The fourth-order valence-corrected chi connectivity index (χ4v) is 2.53. The first kappa shape index (κ1) is 16.3. The Balaban J connectivity index is 2.90. The molecule has 0 atom stereocenters. The summed E-state index contributed by atoms with van der Waals surface area (Å²) in [5.74, 6) is 0. The lowest BCUT2D eigenvalue weighted by molar-refractivity contribution is 0.0886. The molecule has 108 valence electrons. The Bertz CT molecular complexity index is 402. The van der Waals surface area contributed by atoms with Crippen LogP contribution in [0.2, 0.25) is 5.02 Å². The van der Waals surface area contributed by atoms with Crippen LogP contribution in [0.1, 0.15) is 32.8 Å². The molecule has 0 unspecified atom stereocenters. The Hall–Kier alpha value is -0.770. The van der Waals surface area contributed by atoms with Crippen molar-refractivity contribution in [3.8, 4) is 0 Å². The van der Waals surface area contributed by atoms with Gasteiger partial charge in [0.2, 0.25) is 0 Å². The summed E-state index contributed by atoms with van der Waals surface area (Å²) in [6.07, 6.45) is 1.11. The fourth-order valence-electron chi connectivity index (χ4n) is 2.19. The van der Waals surface area contributed by atoms with Crippen molar-refractivity contribution in [3.05, 3.63) is 28.8 Å². The number of para-hydroxylation sites is 1. The minimum atomic E-state index is -0.748. The van der Waals surface area contributed by atoms with E-state index in [1.165, 1.54) is 0 Å². The Kier molecular flexibility index (Phi) is 6.11. The molecule has 0 radical (unpaired) electrons. The van der Waals surface area contributed by atoms with Gasteiger partial charge in [0.15, 0.2) is 0 Å². The highest BCUT2D eigenvalue weighted by Gasteiger charge is 2.19. The number of hydrogen-bond donors (Lipinski definition) is 2. The zero-order valence-electron chi connectivity index (χ0n) is 12.3. The summed E-state index contributed by atoms with van der Waals surface area (Å²) in [6.45, 7) is 8.07. The molecule has 0 spiro atoms. The van der Waals surface area contributed by atoms with Gasteiger partial charge in [-0.05, 0) is 38.4 Å². The maximum Gasteiger partial charge on any atom is 0.0765 e. The highest BCUT2D eigenvalue weighted by Crippen LogP contribution is 2.30. The van der Waals surface area contributed by atoms with E-state index in [-0.39, 0.29) is 0 Å². The van der Waals surface area contributed by atoms with Gasteiger partial charge in [-0.15, -0.1) is 0 Å². The summed E-state index contributed by atoms with van der Waals surface area (Å²) in [5, 5.41) is 14.1. The number of anilines is 1. The maximum atomic E-state index is 9.94. The number of rotatable bonds is 7. The van der Waals surface area contributed by atoms with Gasteiger partial charge in [-0.3, -0.25) is 0 Å². The van der Waals surface area contributed by atoms with Crippen molar-refractivity contribution in [3.63, 3.8) is 0 Å². The number of aliphatic hydroxyl groups is 1. The molecule has 0 aliphatic carbocycles. The van der Waals surface area contributed by atoms with E-state index in [9.17, 15) is 5.11 Å². The first-order valence-corrected chi connectivity index (χ1v) is 7.14. The van der Waals surface area contributed by atoms with Crippen molar-refractivity contribution in [2.75, 3.05) is 25.0 Å². The third-order valence-electron chi connectivity index (χ3n) is 2.82. The predicted molar refractivity (Wildman–Crippen MR) is 83.0 cm³/mol. The van der Waals surface area contributed by atoms with Crippen molar-refractivity contribution in [1.82, 2.24) is 5.32 Å². The number of likely N-dealkylation sites (N-methyl/N-ethyl adjacent to an activating group) is 1. The van der Waals surface area contributed by atoms with E-state index in [1.54, 1.807) is 13.8 Å². The third kappa shape index (κ3) is 5.39. The Morgan fingerprint density at radius 2 is 2.05 bits per heavy atom. The quantitative estimate of drug-likeness (QED) is 0.756. The zero-order chi connectivity index (χ0) is 14.5. The standard InChI is InChI=1S/C15H25ClN2O/c1-5-9-17-10-12-7-6-8-13(16)14(12)18(4)11-15(2,3)19/h6-8,17,19H,5,9-11H2,1-4H3. The van der Waals surface area contributed by atoms with E-state index >= 15 is 0 Å². The monoisotopic (exact) mass is 284 g/mol. The van der Waals surface area contributed by atoms with Gasteiger partial charge in [0.1, 0.15) is 0 Å². The topological polar surface area (TPSA) is 35.5 Å². The lowest BCUT2D eigenvalue weighted by atomic mass is 10.1. The summed E-state index contributed by atoms with van der Waals surface area (Å²) in [5.41, 5.74) is 1.41. The van der Waals surface area contributed by atoms with Crippen LogP contribution in [0.25, 0.3) is 0 Å². The molecule has 0 aliphatic heterocycles. The summed E-state index contributed by atoms with van der Waals surface area (Å²) in [6, 6.07) is 5.93. The minimum Gasteiger partial charge on any atom is -0.389 e. The molecule has 3 nitrogen and oxygen atoms in total. The number of nitrogens with one attached hydrogen (secondary N) is 1. The summed E-state index contributed by atoms with van der Waals surface area (Å²) in [7, 11) is 1.96. The number of hydrogen-bond acceptors (Lipinski definition) is 3. The normalized spacial score (nSPS) is 11.7. The molecule has 1 aromatic carbocycles. The van der Waals surface area contributed by atoms with Crippen LogP contribution in [0.4, 0.5) is 5.69 Å². The van der Waals surface area contributed by atoms with E-state index in [1.807, 2.05) is 24.1 Å². The van der Waals surface area contributed by atoms with Crippen LogP contribution < -0.4 is 10.2 Å². The molecule has 1 rings (SSSR count). The second-order valence-corrected chi connectivity index (χ2v) is 6.00.